The second-order valence-corrected chi connectivity index (χ2v) is 5.08. The molecule has 82 valence electrons. The van der Waals surface area contributed by atoms with Gasteiger partial charge in [-0.1, -0.05) is 12.1 Å². The van der Waals surface area contributed by atoms with Crippen molar-refractivity contribution in [2.24, 2.45) is 0 Å². The Kier molecular flexibility index (Phi) is 2.17. The molecule has 1 saturated carbocycles. The molecule has 1 aliphatic carbocycles. The number of hydrogen-bond donors (Lipinski definition) is 1. The molecule has 0 radical (unpaired) electrons. The van der Waals surface area contributed by atoms with Crippen molar-refractivity contribution in [3.8, 4) is 11.3 Å². The van der Waals surface area contributed by atoms with E-state index < -0.39 is 0 Å². The number of nitrogens with zero attached hydrogens (tertiary/aromatic N) is 1. The van der Waals surface area contributed by atoms with Gasteiger partial charge in [-0.05, 0) is 25.0 Å². The van der Waals surface area contributed by atoms with Crippen LogP contribution in [0.25, 0.3) is 11.3 Å². The average molecular weight is 234 g/mol. The lowest BCUT2D eigenvalue weighted by Crippen LogP contribution is -1.89. The fourth-order valence-corrected chi connectivity index (χ4v) is 2.72. The van der Waals surface area contributed by atoms with Gasteiger partial charge in [0.05, 0.1) is 5.01 Å². The molecule has 0 amide bonds. The highest BCUT2D eigenvalue weighted by Crippen LogP contribution is 2.45. The van der Waals surface area contributed by atoms with Gasteiger partial charge in [0.1, 0.15) is 16.5 Å². The number of aromatic nitrogens is 1. The minimum absolute atomic E-state index is 0.262. The predicted molar refractivity (Wildman–Crippen MR) is 63.9 cm³/mol. The molecule has 0 spiro atoms. The molecule has 0 bridgehead atoms. The predicted octanol–water partition coefficient (Wildman–Crippen LogP) is 3.41. The van der Waals surface area contributed by atoms with E-state index in [4.69, 9.17) is 5.73 Å². The first kappa shape index (κ1) is 9.78. The number of hydrogen-bond acceptors (Lipinski definition) is 3. The molecule has 1 fully saturated rings. The lowest BCUT2D eigenvalue weighted by molar-refractivity contribution is 0.631. The van der Waals surface area contributed by atoms with Crippen LogP contribution < -0.4 is 5.73 Å². The van der Waals surface area contributed by atoms with Crippen LogP contribution in [0.1, 0.15) is 23.8 Å². The number of halogens is 1. The van der Waals surface area contributed by atoms with Crippen LogP contribution in [0.3, 0.4) is 0 Å². The molecule has 2 N–H and O–H groups in total. The molecule has 16 heavy (non-hydrogen) atoms. The summed E-state index contributed by atoms with van der Waals surface area (Å²) in [5.74, 6) is 0.301. The molecule has 0 aliphatic heterocycles. The minimum Gasteiger partial charge on any atom is -0.389 e. The van der Waals surface area contributed by atoms with E-state index >= 15 is 0 Å². The molecule has 4 heteroatoms. The molecular formula is C12H11FN2S. The zero-order chi connectivity index (χ0) is 11.1. The Morgan fingerprint density at radius 1 is 1.31 bits per heavy atom. The molecule has 3 rings (SSSR count). The Balaban J connectivity index is 2.08. The molecule has 1 aromatic carbocycles. The van der Waals surface area contributed by atoms with Crippen LogP contribution in [0.4, 0.5) is 9.39 Å². The van der Waals surface area contributed by atoms with E-state index in [0.29, 0.717) is 22.2 Å². The van der Waals surface area contributed by atoms with Gasteiger partial charge < -0.3 is 5.73 Å². The number of benzene rings is 1. The largest absolute Gasteiger partial charge is 0.389 e. The van der Waals surface area contributed by atoms with Crippen molar-refractivity contribution in [3.63, 3.8) is 0 Å². The Hall–Kier alpha value is -1.42. The summed E-state index contributed by atoms with van der Waals surface area (Å²) in [7, 11) is 0. The monoisotopic (exact) mass is 234 g/mol. The summed E-state index contributed by atoms with van der Waals surface area (Å²) in [6.45, 7) is 0. The SMILES string of the molecule is Nc1sc(C2CC2)nc1-c1ccccc1F. The second-order valence-electron chi connectivity index (χ2n) is 4.02. The summed E-state index contributed by atoms with van der Waals surface area (Å²) >= 11 is 1.49. The molecule has 1 aliphatic rings. The van der Waals surface area contributed by atoms with Gasteiger partial charge in [-0.3, -0.25) is 0 Å². The number of thiazole rings is 1. The fourth-order valence-electron chi connectivity index (χ4n) is 1.70. The van der Waals surface area contributed by atoms with E-state index in [1.165, 1.54) is 30.2 Å². The summed E-state index contributed by atoms with van der Waals surface area (Å²) < 4.78 is 13.6. The van der Waals surface area contributed by atoms with Crippen molar-refractivity contribution in [1.29, 1.82) is 0 Å². The third-order valence-electron chi connectivity index (χ3n) is 2.73. The van der Waals surface area contributed by atoms with Crippen molar-refractivity contribution in [2.75, 3.05) is 5.73 Å². The summed E-state index contributed by atoms with van der Waals surface area (Å²) in [6, 6.07) is 6.62. The van der Waals surface area contributed by atoms with Gasteiger partial charge in [-0.15, -0.1) is 11.3 Å². The van der Waals surface area contributed by atoms with Crippen LogP contribution in [0.2, 0.25) is 0 Å². The van der Waals surface area contributed by atoms with Crippen molar-refractivity contribution in [2.45, 2.75) is 18.8 Å². The van der Waals surface area contributed by atoms with Crippen LogP contribution in [-0.4, -0.2) is 4.98 Å². The van der Waals surface area contributed by atoms with Crippen LogP contribution >= 0.6 is 11.3 Å². The summed E-state index contributed by atoms with van der Waals surface area (Å²) in [5.41, 5.74) is 7.00. The molecule has 1 heterocycles. The fraction of sp³-hybridized carbons (Fsp3) is 0.250. The van der Waals surface area contributed by atoms with Gasteiger partial charge in [0.15, 0.2) is 0 Å². The van der Waals surface area contributed by atoms with Crippen LogP contribution in [0.15, 0.2) is 24.3 Å². The maximum atomic E-state index is 13.6. The summed E-state index contributed by atoms with van der Waals surface area (Å²) in [4.78, 5) is 4.46. The maximum absolute atomic E-state index is 13.6. The second kappa shape index (κ2) is 3.56. The summed E-state index contributed by atoms with van der Waals surface area (Å²) in [5, 5.41) is 1.67. The van der Waals surface area contributed by atoms with Gasteiger partial charge in [-0.2, -0.15) is 0 Å². The first-order chi connectivity index (χ1) is 7.75. The normalized spacial score (nSPS) is 15.3. The van der Waals surface area contributed by atoms with Crippen molar-refractivity contribution < 1.29 is 4.39 Å². The highest BCUT2D eigenvalue weighted by molar-refractivity contribution is 7.16. The van der Waals surface area contributed by atoms with Gasteiger partial charge in [-0.25, -0.2) is 9.37 Å². The van der Waals surface area contributed by atoms with E-state index in [-0.39, 0.29) is 5.82 Å². The Morgan fingerprint density at radius 2 is 2.06 bits per heavy atom. The van der Waals surface area contributed by atoms with E-state index in [2.05, 4.69) is 4.98 Å². The van der Waals surface area contributed by atoms with E-state index in [0.717, 1.165) is 5.01 Å². The van der Waals surface area contributed by atoms with Gasteiger partial charge >= 0.3 is 0 Å². The van der Waals surface area contributed by atoms with Crippen molar-refractivity contribution in [1.82, 2.24) is 4.98 Å². The lowest BCUT2D eigenvalue weighted by Gasteiger charge is -1.99. The first-order valence-electron chi connectivity index (χ1n) is 5.27. The van der Waals surface area contributed by atoms with Gasteiger partial charge in [0.2, 0.25) is 0 Å². The van der Waals surface area contributed by atoms with Crippen LogP contribution in [-0.2, 0) is 0 Å². The number of nitrogen functional groups attached to an aromatic ring is 1. The maximum Gasteiger partial charge on any atom is 0.132 e. The molecule has 1 aromatic heterocycles. The summed E-state index contributed by atoms with van der Waals surface area (Å²) in [6.07, 6.45) is 2.37. The third-order valence-corrected chi connectivity index (χ3v) is 3.77. The minimum atomic E-state index is -0.262. The number of rotatable bonds is 2. The Morgan fingerprint density at radius 3 is 2.75 bits per heavy atom. The van der Waals surface area contributed by atoms with Gasteiger partial charge in [0, 0.05) is 11.5 Å². The third kappa shape index (κ3) is 1.59. The average Bonchev–Trinajstić information content (AvgIpc) is 3.04. The van der Waals surface area contributed by atoms with Crippen molar-refractivity contribution in [3.05, 3.63) is 35.1 Å². The van der Waals surface area contributed by atoms with Crippen LogP contribution in [0, 0.1) is 5.82 Å². The smallest absolute Gasteiger partial charge is 0.132 e. The number of anilines is 1. The molecular weight excluding hydrogens is 223 g/mol. The van der Waals surface area contributed by atoms with Gasteiger partial charge in [0.25, 0.3) is 0 Å². The van der Waals surface area contributed by atoms with E-state index in [1.807, 2.05) is 0 Å². The Labute approximate surface area is 96.9 Å². The topological polar surface area (TPSA) is 38.9 Å². The molecule has 0 atom stereocenters. The molecule has 2 aromatic rings. The highest BCUT2D eigenvalue weighted by atomic mass is 32.1. The quantitative estimate of drug-likeness (QED) is 0.864. The Bertz CT molecular complexity index is 532. The molecule has 2 nitrogen and oxygen atoms in total. The first-order valence-corrected chi connectivity index (χ1v) is 6.08. The van der Waals surface area contributed by atoms with E-state index in [9.17, 15) is 4.39 Å². The highest BCUT2D eigenvalue weighted by Gasteiger charge is 2.28. The zero-order valence-corrected chi connectivity index (χ0v) is 9.43. The lowest BCUT2D eigenvalue weighted by atomic mass is 10.1. The molecule has 0 saturated heterocycles. The standard InChI is InChI=1S/C12H11FN2S/c13-9-4-2-1-3-8(9)10-11(14)16-12(15-10)7-5-6-7/h1-4,7H,5-6,14H2. The van der Waals surface area contributed by atoms with Crippen LogP contribution in [0.5, 0.6) is 0 Å². The zero-order valence-electron chi connectivity index (χ0n) is 8.61. The molecule has 0 unspecified atom stereocenters. The number of nitrogens with two attached hydrogens (primary N) is 1. The van der Waals surface area contributed by atoms with Crippen molar-refractivity contribution >= 4 is 16.3 Å². The van der Waals surface area contributed by atoms with E-state index in [1.54, 1.807) is 18.2 Å².